The Kier molecular flexibility index (Phi) is 7.90. The van der Waals surface area contributed by atoms with Crippen molar-refractivity contribution < 1.29 is 9.59 Å². The summed E-state index contributed by atoms with van der Waals surface area (Å²) < 4.78 is 0. The Balaban J connectivity index is 0.00000312. The second kappa shape index (κ2) is 9.20. The number of amides is 2. The quantitative estimate of drug-likeness (QED) is 0.858. The Hall–Kier alpha value is -1.59. The summed E-state index contributed by atoms with van der Waals surface area (Å²) in [6, 6.07) is 7.49. The van der Waals surface area contributed by atoms with Gasteiger partial charge in [-0.3, -0.25) is 9.59 Å². The largest absolute Gasteiger partial charge is 0.355 e. The third kappa shape index (κ3) is 6.01. The molecule has 140 valence electrons. The molecule has 0 spiro atoms. The first kappa shape index (κ1) is 21.5. The van der Waals surface area contributed by atoms with Gasteiger partial charge in [-0.2, -0.15) is 0 Å². The Labute approximate surface area is 156 Å². The summed E-state index contributed by atoms with van der Waals surface area (Å²) in [5, 5.41) is 3.02. The first-order chi connectivity index (χ1) is 11.3. The molecule has 1 aromatic carbocycles. The molecule has 1 heterocycles. The van der Waals surface area contributed by atoms with E-state index in [1.165, 1.54) is 0 Å². The molecule has 1 aliphatic rings. The summed E-state index contributed by atoms with van der Waals surface area (Å²) in [7, 11) is 0. The van der Waals surface area contributed by atoms with E-state index < -0.39 is 0 Å². The monoisotopic (exact) mass is 367 g/mol. The molecule has 1 aromatic rings. The van der Waals surface area contributed by atoms with Crippen LogP contribution in [0.1, 0.15) is 49.5 Å². The third-order valence-corrected chi connectivity index (χ3v) is 4.48. The normalized spacial score (nSPS) is 17.6. The van der Waals surface area contributed by atoms with Crippen molar-refractivity contribution in [2.75, 3.05) is 19.6 Å². The highest BCUT2D eigenvalue weighted by Crippen LogP contribution is 2.19. The van der Waals surface area contributed by atoms with Crippen LogP contribution in [0, 0.1) is 11.3 Å². The molecule has 25 heavy (non-hydrogen) atoms. The van der Waals surface area contributed by atoms with Crippen LogP contribution in [0.15, 0.2) is 24.3 Å². The van der Waals surface area contributed by atoms with Crippen molar-refractivity contribution in [1.29, 1.82) is 0 Å². The topological polar surface area (TPSA) is 75.4 Å². The average Bonchev–Trinajstić information content (AvgIpc) is 2.58. The fraction of sp³-hybridized carbons (Fsp3) is 0.579. The van der Waals surface area contributed by atoms with Crippen molar-refractivity contribution in [3.05, 3.63) is 35.4 Å². The molecule has 6 heteroatoms. The minimum absolute atomic E-state index is 0. The van der Waals surface area contributed by atoms with Crippen LogP contribution >= 0.6 is 12.4 Å². The van der Waals surface area contributed by atoms with Crippen molar-refractivity contribution in [2.24, 2.45) is 17.1 Å². The first-order valence-corrected chi connectivity index (χ1v) is 8.68. The van der Waals surface area contributed by atoms with E-state index in [9.17, 15) is 9.59 Å². The number of halogens is 1. The van der Waals surface area contributed by atoms with Crippen molar-refractivity contribution >= 4 is 24.2 Å². The number of hydrogen-bond acceptors (Lipinski definition) is 3. The fourth-order valence-electron chi connectivity index (χ4n) is 2.88. The van der Waals surface area contributed by atoms with Crippen LogP contribution in [-0.4, -0.2) is 36.3 Å². The number of rotatable bonds is 4. The molecule has 1 aliphatic heterocycles. The van der Waals surface area contributed by atoms with Gasteiger partial charge >= 0.3 is 0 Å². The van der Waals surface area contributed by atoms with E-state index in [4.69, 9.17) is 5.73 Å². The van der Waals surface area contributed by atoms with E-state index in [0.717, 1.165) is 24.9 Å². The van der Waals surface area contributed by atoms with Crippen molar-refractivity contribution in [1.82, 2.24) is 10.2 Å². The molecule has 5 nitrogen and oxygen atoms in total. The number of nitrogens with zero attached hydrogens (tertiary/aromatic N) is 1. The molecule has 3 N–H and O–H groups in total. The highest BCUT2D eigenvalue weighted by atomic mass is 35.5. The number of carbonyl (C=O) groups excluding carboxylic acids is 2. The molecule has 2 rings (SSSR count). The lowest BCUT2D eigenvalue weighted by atomic mass is 9.93. The van der Waals surface area contributed by atoms with Crippen LogP contribution < -0.4 is 11.1 Å². The lowest BCUT2D eigenvalue weighted by Crippen LogP contribution is -2.45. The number of hydrogen-bond donors (Lipinski definition) is 2. The Bertz CT molecular complexity index is 581. The molecule has 1 atom stereocenters. The SMILES string of the molecule is CC(C)(C)C(=O)NCC1CCCN(C(=O)c2ccc(CN)cc2)C1.Cl. The maximum atomic E-state index is 12.6. The summed E-state index contributed by atoms with van der Waals surface area (Å²) in [4.78, 5) is 26.5. The van der Waals surface area contributed by atoms with Crippen LogP contribution in [0.25, 0.3) is 0 Å². The van der Waals surface area contributed by atoms with E-state index in [1.807, 2.05) is 49.9 Å². The van der Waals surface area contributed by atoms with Crippen LogP contribution in [0.5, 0.6) is 0 Å². The average molecular weight is 368 g/mol. The zero-order chi connectivity index (χ0) is 17.7. The van der Waals surface area contributed by atoms with Gasteiger partial charge in [0.05, 0.1) is 0 Å². The molecule has 0 aliphatic carbocycles. The maximum absolute atomic E-state index is 12.6. The van der Waals surface area contributed by atoms with Gasteiger partial charge in [-0.15, -0.1) is 12.4 Å². The van der Waals surface area contributed by atoms with E-state index in [0.29, 0.717) is 31.1 Å². The number of nitrogens with one attached hydrogen (secondary N) is 1. The fourth-order valence-corrected chi connectivity index (χ4v) is 2.88. The van der Waals surface area contributed by atoms with E-state index in [-0.39, 0.29) is 29.6 Å². The van der Waals surface area contributed by atoms with Crippen molar-refractivity contribution in [3.8, 4) is 0 Å². The second-order valence-corrected chi connectivity index (χ2v) is 7.62. The predicted octanol–water partition coefficient (Wildman–Crippen LogP) is 2.58. The van der Waals surface area contributed by atoms with Crippen LogP contribution in [0.3, 0.4) is 0 Å². The van der Waals surface area contributed by atoms with Gasteiger partial charge in [0, 0.05) is 37.2 Å². The van der Waals surface area contributed by atoms with E-state index in [2.05, 4.69) is 5.32 Å². The summed E-state index contributed by atoms with van der Waals surface area (Å²) in [6.07, 6.45) is 2.02. The summed E-state index contributed by atoms with van der Waals surface area (Å²) in [5.74, 6) is 0.436. The van der Waals surface area contributed by atoms with Gasteiger partial charge in [0.2, 0.25) is 5.91 Å². The predicted molar refractivity (Wildman–Crippen MR) is 103 cm³/mol. The number of nitrogens with two attached hydrogens (primary N) is 1. The number of likely N-dealkylation sites (tertiary alicyclic amines) is 1. The first-order valence-electron chi connectivity index (χ1n) is 8.68. The standard InChI is InChI=1S/C19H29N3O2.ClH/c1-19(2,3)18(24)21-12-15-5-4-10-22(13-15)17(23)16-8-6-14(11-20)7-9-16;/h6-9,15H,4-5,10-13,20H2,1-3H3,(H,21,24);1H. The highest BCUT2D eigenvalue weighted by Gasteiger charge is 2.26. The van der Waals surface area contributed by atoms with Gasteiger partial charge in [-0.05, 0) is 36.5 Å². The zero-order valence-corrected chi connectivity index (χ0v) is 16.2. The Morgan fingerprint density at radius 2 is 1.88 bits per heavy atom. The summed E-state index contributed by atoms with van der Waals surface area (Å²) >= 11 is 0. The molecular formula is C19H30ClN3O2. The van der Waals surface area contributed by atoms with Crippen LogP contribution in [0.4, 0.5) is 0 Å². The van der Waals surface area contributed by atoms with Gasteiger partial charge in [0.25, 0.3) is 5.91 Å². The Morgan fingerprint density at radius 1 is 1.24 bits per heavy atom. The lowest BCUT2D eigenvalue weighted by Gasteiger charge is -2.33. The number of benzene rings is 1. The van der Waals surface area contributed by atoms with Gasteiger partial charge < -0.3 is 16.0 Å². The molecule has 1 fully saturated rings. The smallest absolute Gasteiger partial charge is 0.253 e. The number of carbonyl (C=O) groups is 2. The van der Waals surface area contributed by atoms with Gasteiger partial charge in [0.15, 0.2) is 0 Å². The summed E-state index contributed by atoms with van der Waals surface area (Å²) in [6.45, 7) is 8.31. The summed E-state index contributed by atoms with van der Waals surface area (Å²) in [5.41, 5.74) is 6.94. The molecule has 2 amide bonds. The molecule has 0 radical (unpaired) electrons. The number of piperidine rings is 1. The van der Waals surface area contributed by atoms with Crippen LogP contribution in [-0.2, 0) is 11.3 Å². The Morgan fingerprint density at radius 3 is 2.44 bits per heavy atom. The van der Waals surface area contributed by atoms with Gasteiger partial charge in [-0.1, -0.05) is 32.9 Å². The minimum atomic E-state index is -0.380. The lowest BCUT2D eigenvalue weighted by molar-refractivity contribution is -0.128. The van der Waals surface area contributed by atoms with Gasteiger partial charge in [-0.25, -0.2) is 0 Å². The molecule has 0 bridgehead atoms. The van der Waals surface area contributed by atoms with Crippen LogP contribution in [0.2, 0.25) is 0 Å². The molecular weight excluding hydrogens is 338 g/mol. The van der Waals surface area contributed by atoms with Crippen molar-refractivity contribution in [2.45, 2.75) is 40.2 Å². The molecule has 0 aromatic heterocycles. The maximum Gasteiger partial charge on any atom is 0.253 e. The van der Waals surface area contributed by atoms with E-state index >= 15 is 0 Å². The highest BCUT2D eigenvalue weighted by molar-refractivity contribution is 5.94. The second-order valence-electron chi connectivity index (χ2n) is 7.62. The minimum Gasteiger partial charge on any atom is -0.355 e. The zero-order valence-electron chi connectivity index (χ0n) is 15.4. The van der Waals surface area contributed by atoms with E-state index in [1.54, 1.807) is 0 Å². The molecule has 0 saturated carbocycles. The third-order valence-electron chi connectivity index (χ3n) is 4.48. The van der Waals surface area contributed by atoms with Gasteiger partial charge in [0.1, 0.15) is 0 Å². The molecule has 1 unspecified atom stereocenters. The molecule has 1 saturated heterocycles. The van der Waals surface area contributed by atoms with Crippen molar-refractivity contribution in [3.63, 3.8) is 0 Å².